The van der Waals surface area contributed by atoms with Crippen molar-refractivity contribution in [3.63, 3.8) is 0 Å². The Balaban J connectivity index is 0. The van der Waals surface area contributed by atoms with E-state index in [-0.39, 0.29) is 19.6 Å². The molecule has 15 heavy (non-hydrogen) atoms. The molecule has 0 radical (unpaired) electrons. The summed E-state index contributed by atoms with van der Waals surface area (Å²) in [4.78, 5) is 0. The van der Waals surface area contributed by atoms with Crippen molar-refractivity contribution in [3.8, 4) is 0 Å². The number of aliphatic hydroxyl groups is 1. The van der Waals surface area contributed by atoms with Crippen LogP contribution in [0.3, 0.4) is 0 Å². The van der Waals surface area contributed by atoms with Crippen molar-refractivity contribution >= 4 is 16.6 Å². The van der Waals surface area contributed by atoms with Gasteiger partial charge in [0.1, 0.15) is 0 Å². The topological polar surface area (TPSA) is 134 Å². The van der Waals surface area contributed by atoms with Crippen LogP contribution in [0.2, 0.25) is 0 Å². The molecule has 0 aliphatic heterocycles. The minimum absolute atomic E-state index is 0.157. The molecule has 7 nitrogen and oxygen atoms in total. The zero-order valence-corrected chi connectivity index (χ0v) is 9.24. The Hall–Kier alpha value is -0.540. The van der Waals surface area contributed by atoms with Gasteiger partial charge in [-0.3, -0.25) is 4.55 Å². The molecule has 0 aliphatic carbocycles. The minimum atomic E-state index is -4.31. The molecular weight excluding hydrogens is 224 g/mol. The molecule has 0 saturated carbocycles. The number of hydrogen-bond acceptors (Lipinski definition) is 6. The van der Waals surface area contributed by atoms with Gasteiger partial charge in [-0.05, 0) is 32.0 Å². The molecule has 0 rings (SSSR count). The molecule has 0 amide bonds. The van der Waals surface area contributed by atoms with Crippen LogP contribution in [0.1, 0.15) is 19.3 Å². The van der Waals surface area contributed by atoms with Crippen molar-refractivity contribution < 1.29 is 22.3 Å². The normalized spacial score (nSPS) is 10.3. The largest absolute Gasteiger partial charge is 0.397 e. The van der Waals surface area contributed by atoms with E-state index in [1.165, 1.54) is 6.21 Å². The van der Waals surface area contributed by atoms with Crippen LogP contribution in [0.4, 0.5) is 0 Å². The fourth-order valence-electron chi connectivity index (χ4n) is 0.449. The van der Waals surface area contributed by atoms with E-state index < -0.39 is 10.4 Å². The third kappa shape index (κ3) is 24.7. The highest BCUT2D eigenvalue weighted by molar-refractivity contribution is 7.80. The smallest absolute Gasteiger partial charge is 0.396 e. The van der Waals surface area contributed by atoms with Gasteiger partial charge in [0.25, 0.3) is 0 Å². The number of nitrogens with one attached hydrogen (secondary N) is 1. The first kappa shape index (κ1) is 16.9. The van der Waals surface area contributed by atoms with E-state index in [1.807, 2.05) is 0 Å². The average Bonchev–Trinajstić information content (AvgIpc) is 2.14. The lowest BCUT2D eigenvalue weighted by Gasteiger charge is -1.94. The maximum Gasteiger partial charge on any atom is 0.397 e. The van der Waals surface area contributed by atoms with Crippen molar-refractivity contribution in [3.05, 3.63) is 0 Å². The fraction of sp³-hybridized carbons (Fsp3) is 0.857. The lowest BCUT2D eigenvalue weighted by Crippen LogP contribution is -2.05. The van der Waals surface area contributed by atoms with E-state index in [2.05, 4.69) is 4.18 Å². The molecule has 0 aromatic carbocycles. The predicted molar refractivity (Wildman–Crippen MR) is 56.3 cm³/mol. The van der Waals surface area contributed by atoms with Crippen LogP contribution in [0.15, 0.2) is 0 Å². The summed E-state index contributed by atoms with van der Waals surface area (Å²) in [5.74, 6) is 0. The third-order valence-corrected chi connectivity index (χ3v) is 1.55. The van der Waals surface area contributed by atoms with Gasteiger partial charge in [-0.15, -0.1) is 0 Å². The molecule has 0 atom stereocenters. The van der Waals surface area contributed by atoms with Crippen LogP contribution < -0.4 is 5.73 Å². The van der Waals surface area contributed by atoms with Crippen molar-refractivity contribution in [2.24, 2.45) is 5.73 Å². The van der Waals surface area contributed by atoms with Gasteiger partial charge in [-0.1, -0.05) is 0 Å². The Morgan fingerprint density at radius 1 is 1.40 bits per heavy atom. The van der Waals surface area contributed by atoms with Gasteiger partial charge in [0.05, 0.1) is 6.61 Å². The Morgan fingerprint density at radius 2 is 2.00 bits per heavy atom. The summed E-state index contributed by atoms with van der Waals surface area (Å²) in [6, 6.07) is 0. The molecule has 0 aliphatic rings. The van der Waals surface area contributed by atoms with Crippen LogP contribution in [0.25, 0.3) is 0 Å². The van der Waals surface area contributed by atoms with Crippen molar-refractivity contribution in [1.82, 2.24) is 0 Å². The van der Waals surface area contributed by atoms with Gasteiger partial charge in [0, 0.05) is 6.61 Å². The lowest BCUT2D eigenvalue weighted by molar-refractivity contribution is 0.219. The second-order valence-corrected chi connectivity index (χ2v) is 3.55. The Bertz CT molecular complexity index is 230. The number of hydrogen-bond donors (Lipinski definition) is 4. The first-order valence-corrected chi connectivity index (χ1v) is 5.76. The van der Waals surface area contributed by atoms with E-state index in [1.54, 1.807) is 0 Å². The van der Waals surface area contributed by atoms with E-state index in [0.717, 1.165) is 12.8 Å². The Labute approximate surface area is 89.7 Å². The summed E-state index contributed by atoms with van der Waals surface area (Å²) in [6.07, 6.45) is 3.35. The molecule has 0 fully saturated rings. The quantitative estimate of drug-likeness (QED) is 0.272. The summed E-state index contributed by atoms with van der Waals surface area (Å²) in [5.41, 5.74) is 5.11. The molecule has 8 heteroatoms. The van der Waals surface area contributed by atoms with Crippen LogP contribution in [0, 0.1) is 5.41 Å². The molecular formula is C7H18N2O5S. The van der Waals surface area contributed by atoms with Crippen LogP contribution in [-0.2, 0) is 14.6 Å². The van der Waals surface area contributed by atoms with Gasteiger partial charge >= 0.3 is 10.4 Å². The van der Waals surface area contributed by atoms with E-state index in [9.17, 15) is 8.42 Å². The van der Waals surface area contributed by atoms with Crippen LogP contribution in [0.5, 0.6) is 0 Å². The zero-order valence-electron chi connectivity index (χ0n) is 8.42. The standard InChI is InChI=1S/C4H10N2.C3H8O5S/c5-3-1-2-4-6;4-2-1-3-8-9(5,6)7/h3,5H,1-2,4,6H2;4H,1-3H2,(H,5,6,7). The fourth-order valence-corrected chi connectivity index (χ4v) is 0.777. The summed E-state index contributed by atoms with van der Waals surface area (Å²) >= 11 is 0. The monoisotopic (exact) mass is 242 g/mol. The Kier molecular flexibility index (Phi) is 13.0. The zero-order chi connectivity index (χ0) is 12.2. The second kappa shape index (κ2) is 11.5. The van der Waals surface area contributed by atoms with Gasteiger partial charge < -0.3 is 16.2 Å². The highest BCUT2D eigenvalue weighted by Gasteiger charge is 2.01. The lowest BCUT2D eigenvalue weighted by atomic mass is 10.3. The van der Waals surface area contributed by atoms with Crippen LogP contribution in [-0.4, -0.2) is 44.1 Å². The average molecular weight is 242 g/mol. The number of aliphatic hydroxyl groups excluding tert-OH is 1. The highest BCUT2D eigenvalue weighted by atomic mass is 32.3. The number of unbranched alkanes of at least 4 members (excludes halogenated alkanes) is 1. The van der Waals surface area contributed by atoms with Crippen molar-refractivity contribution in [2.45, 2.75) is 19.3 Å². The second-order valence-electron chi connectivity index (χ2n) is 2.46. The minimum Gasteiger partial charge on any atom is -0.396 e. The van der Waals surface area contributed by atoms with Gasteiger partial charge in [0.15, 0.2) is 0 Å². The molecule has 92 valence electrons. The third-order valence-electron chi connectivity index (χ3n) is 1.09. The van der Waals surface area contributed by atoms with Crippen LogP contribution >= 0.6 is 0 Å². The molecule has 0 saturated heterocycles. The Morgan fingerprint density at radius 3 is 2.27 bits per heavy atom. The van der Waals surface area contributed by atoms with Gasteiger partial charge in [0.2, 0.25) is 0 Å². The molecule has 0 bridgehead atoms. The molecule has 0 unspecified atom stereocenters. The van der Waals surface area contributed by atoms with Crippen molar-refractivity contribution in [2.75, 3.05) is 19.8 Å². The van der Waals surface area contributed by atoms with E-state index >= 15 is 0 Å². The molecule has 5 N–H and O–H groups in total. The van der Waals surface area contributed by atoms with Gasteiger partial charge in [-0.25, -0.2) is 4.18 Å². The maximum atomic E-state index is 9.76. The molecule has 0 heterocycles. The number of rotatable bonds is 7. The first-order valence-electron chi connectivity index (χ1n) is 4.39. The summed E-state index contributed by atoms with van der Waals surface area (Å²) in [7, 11) is -4.31. The maximum absolute atomic E-state index is 9.76. The molecule has 0 spiro atoms. The number of nitrogens with two attached hydrogens (primary N) is 1. The SMILES string of the molecule is N=CCCCN.O=S(=O)(O)OCCCO. The molecule has 0 aromatic heterocycles. The summed E-state index contributed by atoms with van der Waals surface area (Å²) in [5, 5.41) is 14.6. The van der Waals surface area contributed by atoms with E-state index in [0.29, 0.717) is 6.54 Å². The highest BCUT2D eigenvalue weighted by Crippen LogP contribution is 1.87. The van der Waals surface area contributed by atoms with E-state index in [4.69, 9.17) is 20.8 Å². The van der Waals surface area contributed by atoms with Crippen molar-refractivity contribution in [1.29, 1.82) is 5.41 Å². The van der Waals surface area contributed by atoms with Gasteiger partial charge in [-0.2, -0.15) is 8.42 Å². The summed E-state index contributed by atoms with van der Waals surface area (Å²) in [6.45, 7) is 0.361. The first-order chi connectivity index (χ1) is 6.97. The predicted octanol–water partition coefficient (Wildman–Crippen LogP) is -0.437. The molecule has 0 aromatic rings. The summed E-state index contributed by atoms with van der Waals surface area (Å²) < 4.78 is 31.3.